The lowest BCUT2D eigenvalue weighted by molar-refractivity contribution is -0.121. The molecular formula is C21H28N4O2. The van der Waals surface area contributed by atoms with Crippen LogP contribution in [0.15, 0.2) is 53.5 Å². The van der Waals surface area contributed by atoms with Gasteiger partial charge in [-0.3, -0.25) is 9.79 Å². The summed E-state index contributed by atoms with van der Waals surface area (Å²) in [6, 6.07) is 15.9. The smallest absolute Gasteiger partial charge is 0.222 e. The van der Waals surface area contributed by atoms with Crippen molar-refractivity contribution in [3.63, 3.8) is 0 Å². The molecule has 6 nitrogen and oxygen atoms in total. The Hall–Kier alpha value is -3.02. The van der Waals surface area contributed by atoms with Crippen molar-refractivity contribution in [2.75, 3.05) is 20.7 Å². The van der Waals surface area contributed by atoms with Crippen LogP contribution in [0.4, 0.5) is 0 Å². The number of aliphatic imine (C=N–C) groups is 1. The minimum atomic E-state index is 0.00186. The molecule has 0 aromatic heterocycles. The number of nitrogens with one attached hydrogen (secondary N) is 3. The normalized spacial score (nSPS) is 11.0. The van der Waals surface area contributed by atoms with Crippen LogP contribution in [0.2, 0.25) is 0 Å². The van der Waals surface area contributed by atoms with Gasteiger partial charge in [-0.2, -0.15) is 0 Å². The van der Waals surface area contributed by atoms with E-state index in [0.717, 1.165) is 22.4 Å². The monoisotopic (exact) mass is 368 g/mol. The number of benzene rings is 2. The van der Waals surface area contributed by atoms with Crippen molar-refractivity contribution in [2.45, 2.75) is 26.4 Å². The van der Waals surface area contributed by atoms with Crippen LogP contribution in [0.5, 0.6) is 5.75 Å². The maximum absolute atomic E-state index is 12.0. The first kappa shape index (κ1) is 20.3. The second kappa shape index (κ2) is 10.9. The Morgan fingerprint density at radius 2 is 1.81 bits per heavy atom. The molecule has 0 heterocycles. The second-order valence-electron chi connectivity index (χ2n) is 6.18. The second-order valence-corrected chi connectivity index (χ2v) is 6.18. The zero-order valence-electron chi connectivity index (χ0n) is 16.2. The molecule has 2 aromatic carbocycles. The topological polar surface area (TPSA) is 74.8 Å². The van der Waals surface area contributed by atoms with Crippen molar-refractivity contribution in [3.05, 3.63) is 65.2 Å². The highest BCUT2D eigenvalue weighted by Gasteiger charge is 2.06. The Kier molecular flexibility index (Phi) is 8.16. The van der Waals surface area contributed by atoms with Crippen LogP contribution in [-0.4, -0.2) is 32.6 Å². The zero-order chi connectivity index (χ0) is 19.5. The molecule has 0 saturated carbocycles. The molecule has 0 aliphatic rings. The van der Waals surface area contributed by atoms with Gasteiger partial charge in [-0.05, 0) is 24.1 Å². The standard InChI is InChI=1S/C21H28N4O2/c1-16-9-10-18(19(13-16)27-3)15-25-21(22-2)23-12-11-20(26)24-14-17-7-5-4-6-8-17/h4-10,13H,11-12,14-15H2,1-3H3,(H,24,26)(H2,22,23,25). The van der Waals surface area contributed by atoms with Crippen LogP contribution in [-0.2, 0) is 17.9 Å². The van der Waals surface area contributed by atoms with E-state index in [0.29, 0.717) is 32.0 Å². The predicted molar refractivity (Wildman–Crippen MR) is 109 cm³/mol. The molecule has 27 heavy (non-hydrogen) atoms. The highest BCUT2D eigenvalue weighted by Crippen LogP contribution is 2.19. The van der Waals surface area contributed by atoms with E-state index < -0.39 is 0 Å². The summed E-state index contributed by atoms with van der Waals surface area (Å²) in [5.74, 6) is 1.49. The third-order valence-electron chi connectivity index (χ3n) is 4.09. The molecule has 0 saturated heterocycles. The number of guanidine groups is 1. The molecule has 2 aromatic rings. The number of carbonyl (C=O) groups is 1. The molecule has 0 radical (unpaired) electrons. The molecule has 1 amide bonds. The van der Waals surface area contributed by atoms with Crippen LogP contribution in [0.1, 0.15) is 23.1 Å². The predicted octanol–water partition coefficient (Wildman–Crippen LogP) is 2.38. The average Bonchev–Trinajstić information content (AvgIpc) is 2.70. The van der Waals surface area contributed by atoms with Gasteiger partial charge in [-0.25, -0.2) is 0 Å². The number of methoxy groups -OCH3 is 1. The molecule has 0 bridgehead atoms. The summed E-state index contributed by atoms with van der Waals surface area (Å²) in [6.07, 6.45) is 0.376. The summed E-state index contributed by atoms with van der Waals surface area (Å²) >= 11 is 0. The van der Waals surface area contributed by atoms with Crippen LogP contribution in [0.3, 0.4) is 0 Å². The number of ether oxygens (including phenoxy) is 1. The van der Waals surface area contributed by atoms with Crippen molar-refractivity contribution in [3.8, 4) is 5.75 Å². The van der Waals surface area contributed by atoms with Crippen LogP contribution in [0.25, 0.3) is 0 Å². The van der Waals surface area contributed by atoms with Crippen molar-refractivity contribution in [1.82, 2.24) is 16.0 Å². The summed E-state index contributed by atoms with van der Waals surface area (Å²) in [5, 5.41) is 9.31. The number of aryl methyl sites for hydroxylation is 1. The third-order valence-corrected chi connectivity index (χ3v) is 4.09. The molecule has 0 fully saturated rings. The molecule has 144 valence electrons. The summed E-state index contributed by atoms with van der Waals surface area (Å²) in [4.78, 5) is 16.1. The number of hydrogen-bond donors (Lipinski definition) is 3. The fraction of sp³-hybridized carbons (Fsp3) is 0.333. The first-order valence-electron chi connectivity index (χ1n) is 9.01. The van der Waals surface area contributed by atoms with E-state index in [4.69, 9.17) is 4.74 Å². The van der Waals surface area contributed by atoms with Crippen LogP contribution >= 0.6 is 0 Å². The fourth-order valence-electron chi connectivity index (χ4n) is 2.58. The van der Waals surface area contributed by atoms with E-state index in [1.165, 1.54) is 0 Å². The number of carbonyl (C=O) groups excluding carboxylic acids is 1. The third kappa shape index (κ3) is 7.01. The summed E-state index contributed by atoms with van der Waals surface area (Å²) in [6.45, 7) is 3.66. The molecule has 0 atom stereocenters. The van der Waals surface area contributed by atoms with Crippen LogP contribution in [0, 0.1) is 6.92 Å². The molecule has 0 spiro atoms. The lowest BCUT2D eigenvalue weighted by atomic mass is 10.1. The van der Waals surface area contributed by atoms with Gasteiger partial charge in [0.05, 0.1) is 7.11 Å². The fourth-order valence-corrected chi connectivity index (χ4v) is 2.58. The zero-order valence-corrected chi connectivity index (χ0v) is 16.2. The van der Waals surface area contributed by atoms with Gasteiger partial charge in [0.25, 0.3) is 0 Å². The van der Waals surface area contributed by atoms with E-state index in [1.807, 2.05) is 55.5 Å². The Morgan fingerprint density at radius 3 is 2.52 bits per heavy atom. The molecule has 3 N–H and O–H groups in total. The van der Waals surface area contributed by atoms with Gasteiger partial charge in [0, 0.05) is 38.7 Å². The molecule has 6 heteroatoms. The van der Waals surface area contributed by atoms with Gasteiger partial charge in [0.1, 0.15) is 5.75 Å². The first-order chi connectivity index (χ1) is 13.1. The maximum atomic E-state index is 12.0. The van der Waals surface area contributed by atoms with Gasteiger partial charge in [-0.1, -0.05) is 42.5 Å². The van der Waals surface area contributed by atoms with Crippen molar-refractivity contribution in [1.29, 1.82) is 0 Å². The minimum Gasteiger partial charge on any atom is -0.496 e. The Balaban J connectivity index is 1.71. The lowest BCUT2D eigenvalue weighted by Gasteiger charge is -2.14. The van der Waals surface area contributed by atoms with Gasteiger partial charge in [0.15, 0.2) is 5.96 Å². The van der Waals surface area contributed by atoms with E-state index in [-0.39, 0.29) is 5.91 Å². The maximum Gasteiger partial charge on any atom is 0.222 e. The summed E-state index contributed by atoms with van der Waals surface area (Å²) in [5.41, 5.74) is 3.29. The number of nitrogens with zero attached hydrogens (tertiary/aromatic N) is 1. The highest BCUT2D eigenvalue weighted by molar-refractivity contribution is 5.81. The molecule has 2 rings (SSSR count). The Bertz CT molecular complexity index is 760. The highest BCUT2D eigenvalue weighted by atomic mass is 16.5. The minimum absolute atomic E-state index is 0.00186. The van der Waals surface area contributed by atoms with Gasteiger partial charge in [0.2, 0.25) is 5.91 Å². The largest absolute Gasteiger partial charge is 0.496 e. The first-order valence-corrected chi connectivity index (χ1v) is 9.01. The van der Waals surface area contributed by atoms with Crippen LogP contribution < -0.4 is 20.7 Å². The SMILES string of the molecule is CN=C(NCCC(=O)NCc1ccccc1)NCc1ccc(C)cc1OC. The molecule has 0 aliphatic heterocycles. The Morgan fingerprint density at radius 1 is 1.04 bits per heavy atom. The van der Waals surface area contributed by atoms with Crippen molar-refractivity contribution >= 4 is 11.9 Å². The number of rotatable bonds is 8. The van der Waals surface area contributed by atoms with Gasteiger partial charge in [-0.15, -0.1) is 0 Å². The van der Waals surface area contributed by atoms with E-state index in [9.17, 15) is 4.79 Å². The molecule has 0 unspecified atom stereocenters. The van der Waals surface area contributed by atoms with Gasteiger partial charge >= 0.3 is 0 Å². The van der Waals surface area contributed by atoms with E-state index in [2.05, 4.69) is 20.9 Å². The molecular weight excluding hydrogens is 340 g/mol. The van der Waals surface area contributed by atoms with E-state index in [1.54, 1.807) is 14.2 Å². The average molecular weight is 368 g/mol. The van der Waals surface area contributed by atoms with Crippen molar-refractivity contribution < 1.29 is 9.53 Å². The number of hydrogen-bond acceptors (Lipinski definition) is 3. The van der Waals surface area contributed by atoms with Gasteiger partial charge < -0.3 is 20.7 Å². The lowest BCUT2D eigenvalue weighted by Crippen LogP contribution is -2.38. The summed E-state index contributed by atoms with van der Waals surface area (Å²) in [7, 11) is 3.37. The number of amides is 1. The molecule has 0 aliphatic carbocycles. The summed E-state index contributed by atoms with van der Waals surface area (Å²) < 4.78 is 5.41. The quantitative estimate of drug-likeness (QED) is 0.494. The van der Waals surface area contributed by atoms with E-state index >= 15 is 0 Å². The Labute approximate surface area is 161 Å². The van der Waals surface area contributed by atoms with Crippen molar-refractivity contribution in [2.24, 2.45) is 4.99 Å².